The third-order valence-corrected chi connectivity index (χ3v) is 6.38. The highest BCUT2D eigenvalue weighted by Crippen LogP contribution is 2.36. The van der Waals surface area contributed by atoms with Gasteiger partial charge < -0.3 is 0 Å². The van der Waals surface area contributed by atoms with Crippen LogP contribution in [0.4, 0.5) is 4.39 Å². The monoisotopic (exact) mass is 414 g/mol. The molecule has 1 fully saturated rings. The van der Waals surface area contributed by atoms with Gasteiger partial charge in [-0.1, -0.05) is 56.7 Å². The van der Waals surface area contributed by atoms with Crippen LogP contribution in [-0.4, -0.2) is 0 Å². The van der Waals surface area contributed by atoms with Crippen LogP contribution in [0.1, 0.15) is 99.8 Å². The van der Waals surface area contributed by atoms with Crippen molar-refractivity contribution in [3.63, 3.8) is 0 Å². The van der Waals surface area contributed by atoms with Crippen LogP contribution in [0.5, 0.6) is 0 Å². The second-order valence-electron chi connectivity index (χ2n) is 8.76. The van der Waals surface area contributed by atoms with Gasteiger partial charge in [0, 0.05) is 24.0 Å². The zero-order chi connectivity index (χ0) is 21.9. The van der Waals surface area contributed by atoms with Crippen LogP contribution in [0, 0.1) is 35.4 Å². The standard InChI is InChI=1S/C30H35F/c1-3-5-7-9-24-13-18-27(19-14-24)28-20-15-25(16-21-28)11-12-26-17-22-29(30(31)23-26)10-8-6-4-2/h15-17,20-24,27H,3-4,6,8-10,13-14,18-19H2,1-2H3. The Bertz CT molecular complexity index is 938. The molecule has 3 rings (SSSR count). The summed E-state index contributed by atoms with van der Waals surface area (Å²) in [6.45, 7) is 4.28. The number of hydrogen-bond acceptors (Lipinski definition) is 0. The highest BCUT2D eigenvalue weighted by molar-refractivity contribution is 5.44. The normalized spacial score (nSPS) is 17.9. The predicted molar refractivity (Wildman–Crippen MR) is 129 cm³/mol. The van der Waals surface area contributed by atoms with E-state index in [0.717, 1.165) is 61.1 Å². The zero-order valence-electron chi connectivity index (χ0n) is 19.1. The lowest BCUT2D eigenvalue weighted by molar-refractivity contribution is 0.331. The highest BCUT2D eigenvalue weighted by Gasteiger charge is 2.21. The molecule has 0 heterocycles. The maximum Gasteiger partial charge on any atom is 0.127 e. The molecule has 1 saturated carbocycles. The van der Waals surface area contributed by atoms with Crippen LogP contribution in [0.2, 0.25) is 0 Å². The van der Waals surface area contributed by atoms with Gasteiger partial charge in [0.1, 0.15) is 5.82 Å². The van der Waals surface area contributed by atoms with E-state index in [1.54, 1.807) is 6.07 Å². The maximum absolute atomic E-state index is 14.3. The lowest BCUT2D eigenvalue weighted by Crippen LogP contribution is -2.12. The fourth-order valence-corrected chi connectivity index (χ4v) is 4.42. The lowest BCUT2D eigenvalue weighted by atomic mass is 9.77. The maximum atomic E-state index is 14.3. The van der Waals surface area contributed by atoms with Gasteiger partial charge in [0.25, 0.3) is 0 Å². The molecule has 0 aliphatic heterocycles. The number of unbranched alkanes of at least 4 members (excludes halogenated alkanes) is 2. The molecule has 1 heteroatoms. The molecular weight excluding hydrogens is 379 g/mol. The minimum absolute atomic E-state index is 0.130. The zero-order valence-corrected chi connectivity index (χ0v) is 19.1. The molecule has 2 aromatic rings. The van der Waals surface area contributed by atoms with Gasteiger partial charge in [0.15, 0.2) is 0 Å². The van der Waals surface area contributed by atoms with E-state index in [1.165, 1.54) is 31.2 Å². The summed E-state index contributed by atoms with van der Waals surface area (Å²) in [6.07, 6.45) is 11.3. The number of aryl methyl sites for hydroxylation is 1. The van der Waals surface area contributed by atoms with E-state index < -0.39 is 0 Å². The van der Waals surface area contributed by atoms with Crippen LogP contribution >= 0.6 is 0 Å². The van der Waals surface area contributed by atoms with Gasteiger partial charge in [-0.25, -0.2) is 4.39 Å². The Balaban J connectivity index is 1.55. The Labute approximate surface area is 188 Å². The van der Waals surface area contributed by atoms with Gasteiger partial charge in [-0.15, -0.1) is 11.8 Å². The van der Waals surface area contributed by atoms with Gasteiger partial charge >= 0.3 is 0 Å². The first-order valence-electron chi connectivity index (χ1n) is 12.1. The van der Waals surface area contributed by atoms with Crippen molar-refractivity contribution in [1.82, 2.24) is 0 Å². The van der Waals surface area contributed by atoms with E-state index >= 15 is 0 Å². The molecule has 0 nitrogen and oxygen atoms in total. The third-order valence-electron chi connectivity index (χ3n) is 6.38. The Hall–Kier alpha value is -2.51. The molecule has 31 heavy (non-hydrogen) atoms. The number of halogens is 1. The van der Waals surface area contributed by atoms with Gasteiger partial charge in [-0.05, 0) is 85.8 Å². The molecular formula is C30H35F. The molecule has 0 radical (unpaired) electrons. The number of benzene rings is 2. The van der Waals surface area contributed by atoms with E-state index in [-0.39, 0.29) is 5.82 Å². The molecule has 1 aliphatic rings. The third kappa shape index (κ3) is 7.29. The SMILES string of the molecule is CCC#CCC1CCC(c2ccc(C#Cc3ccc(CCCCC)c(F)c3)cc2)CC1. The number of hydrogen-bond donors (Lipinski definition) is 0. The highest BCUT2D eigenvalue weighted by atomic mass is 19.1. The molecule has 0 aromatic heterocycles. The van der Waals surface area contributed by atoms with E-state index in [1.807, 2.05) is 12.1 Å². The van der Waals surface area contributed by atoms with E-state index in [0.29, 0.717) is 5.92 Å². The molecule has 162 valence electrons. The van der Waals surface area contributed by atoms with Crippen molar-refractivity contribution in [2.75, 3.05) is 0 Å². The lowest BCUT2D eigenvalue weighted by Gasteiger charge is -2.27. The quantitative estimate of drug-likeness (QED) is 0.331. The predicted octanol–water partition coefficient (Wildman–Crippen LogP) is 8.04. The molecule has 0 bridgehead atoms. The summed E-state index contributed by atoms with van der Waals surface area (Å²) in [5, 5.41) is 0. The minimum atomic E-state index is -0.130. The second-order valence-corrected chi connectivity index (χ2v) is 8.76. The van der Waals surface area contributed by atoms with E-state index in [4.69, 9.17) is 0 Å². The first-order chi connectivity index (χ1) is 15.2. The second kappa shape index (κ2) is 12.4. The first-order valence-corrected chi connectivity index (χ1v) is 12.1. The van der Waals surface area contributed by atoms with Crippen molar-refractivity contribution in [3.05, 3.63) is 70.5 Å². The summed E-state index contributed by atoms with van der Waals surface area (Å²) >= 11 is 0. The van der Waals surface area contributed by atoms with Crippen molar-refractivity contribution in [3.8, 4) is 23.7 Å². The smallest absolute Gasteiger partial charge is 0.127 e. The van der Waals surface area contributed by atoms with E-state index in [2.05, 4.69) is 61.8 Å². The summed E-state index contributed by atoms with van der Waals surface area (Å²) in [5.74, 6) is 14.1. The summed E-state index contributed by atoms with van der Waals surface area (Å²) in [5.41, 5.74) is 3.95. The first kappa shape index (κ1) is 23.2. The van der Waals surface area contributed by atoms with Gasteiger partial charge in [-0.3, -0.25) is 0 Å². The average Bonchev–Trinajstić information content (AvgIpc) is 2.80. The molecule has 0 unspecified atom stereocenters. The van der Waals surface area contributed by atoms with Gasteiger partial charge in [0.2, 0.25) is 0 Å². The van der Waals surface area contributed by atoms with Gasteiger partial charge in [-0.2, -0.15) is 0 Å². The topological polar surface area (TPSA) is 0 Å². The molecule has 2 aromatic carbocycles. The summed E-state index contributed by atoms with van der Waals surface area (Å²) in [7, 11) is 0. The van der Waals surface area contributed by atoms with Crippen molar-refractivity contribution in [1.29, 1.82) is 0 Å². The van der Waals surface area contributed by atoms with Crippen LogP contribution < -0.4 is 0 Å². The molecule has 0 spiro atoms. The van der Waals surface area contributed by atoms with Crippen molar-refractivity contribution in [2.45, 2.75) is 84.0 Å². The van der Waals surface area contributed by atoms with Gasteiger partial charge in [0.05, 0.1) is 0 Å². The van der Waals surface area contributed by atoms with Crippen LogP contribution in [0.25, 0.3) is 0 Å². The van der Waals surface area contributed by atoms with Crippen molar-refractivity contribution in [2.24, 2.45) is 5.92 Å². The Morgan fingerprint density at radius 3 is 2.23 bits per heavy atom. The fraction of sp³-hybridized carbons (Fsp3) is 0.467. The fourth-order valence-electron chi connectivity index (χ4n) is 4.42. The molecule has 0 atom stereocenters. The Morgan fingerprint density at radius 2 is 1.55 bits per heavy atom. The summed E-state index contributed by atoms with van der Waals surface area (Å²) in [6, 6.07) is 14.1. The molecule has 0 N–H and O–H groups in total. The Kier molecular flexibility index (Phi) is 9.24. The minimum Gasteiger partial charge on any atom is -0.207 e. The van der Waals surface area contributed by atoms with Crippen LogP contribution in [0.15, 0.2) is 42.5 Å². The average molecular weight is 415 g/mol. The summed E-state index contributed by atoms with van der Waals surface area (Å²) < 4.78 is 14.3. The van der Waals surface area contributed by atoms with Crippen molar-refractivity contribution >= 4 is 0 Å². The largest absolute Gasteiger partial charge is 0.207 e. The molecule has 1 aliphatic carbocycles. The Morgan fingerprint density at radius 1 is 0.839 bits per heavy atom. The van der Waals surface area contributed by atoms with Crippen molar-refractivity contribution < 1.29 is 4.39 Å². The summed E-state index contributed by atoms with van der Waals surface area (Å²) in [4.78, 5) is 0. The van der Waals surface area contributed by atoms with Crippen LogP contribution in [-0.2, 0) is 6.42 Å². The van der Waals surface area contributed by atoms with Crippen LogP contribution in [0.3, 0.4) is 0 Å². The molecule has 0 saturated heterocycles. The van der Waals surface area contributed by atoms with E-state index in [9.17, 15) is 4.39 Å². The molecule has 0 amide bonds. The number of rotatable bonds is 6.